The van der Waals surface area contributed by atoms with Gasteiger partial charge in [0.25, 0.3) is 0 Å². The van der Waals surface area contributed by atoms with Crippen molar-refractivity contribution in [3.05, 3.63) is 18.0 Å². The number of nitrogens with zero attached hydrogens (tertiary/aromatic N) is 3. The van der Waals surface area contributed by atoms with Crippen LogP contribution < -0.4 is 0 Å². The molecule has 0 bridgehead atoms. The van der Waals surface area contributed by atoms with Gasteiger partial charge in [-0.25, -0.2) is 0 Å². The molecule has 2 atom stereocenters. The summed E-state index contributed by atoms with van der Waals surface area (Å²) in [6.45, 7) is 3.29. The SMILES string of the molecule is C[C@@H]1CN(C(=O)C(F)(F)F)CC[C@@H]1c1ccnn1C(C)(C)C(F)(F)F. The molecular formula is C15H19F6N3O. The van der Waals surface area contributed by atoms with E-state index in [4.69, 9.17) is 0 Å². The fourth-order valence-electron chi connectivity index (χ4n) is 3.13. The Morgan fingerprint density at radius 2 is 1.80 bits per heavy atom. The molecule has 1 fully saturated rings. The molecule has 10 heteroatoms. The van der Waals surface area contributed by atoms with Crippen LogP contribution in [0.4, 0.5) is 26.3 Å². The molecule has 1 aliphatic rings. The largest absolute Gasteiger partial charge is 0.471 e. The number of piperidine rings is 1. The fourth-order valence-corrected chi connectivity index (χ4v) is 3.13. The number of halogens is 6. The van der Waals surface area contributed by atoms with Crippen molar-refractivity contribution in [2.45, 2.75) is 51.0 Å². The number of hydrogen-bond donors (Lipinski definition) is 0. The lowest BCUT2D eigenvalue weighted by molar-refractivity contribution is -0.206. The van der Waals surface area contributed by atoms with Gasteiger partial charge in [0, 0.05) is 30.9 Å². The van der Waals surface area contributed by atoms with Gasteiger partial charge in [0.15, 0.2) is 5.54 Å². The predicted octanol–water partition coefficient (Wildman–Crippen LogP) is 3.69. The summed E-state index contributed by atoms with van der Waals surface area (Å²) in [5.41, 5.74) is -1.93. The molecule has 1 aliphatic heterocycles. The van der Waals surface area contributed by atoms with E-state index in [9.17, 15) is 31.1 Å². The zero-order valence-corrected chi connectivity index (χ0v) is 13.9. The van der Waals surface area contributed by atoms with Gasteiger partial charge < -0.3 is 4.90 Å². The summed E-state index contributed by atoms with van der Waals surface area (Å²) in [5, 5.41) is 3.79. The number of likely N-dealkylation sites (tertiary alicyclic amines) is 1. The number of carbonyl (C=O) groups excluding carboxylic acids is 1. The molecular weight excluding hydrogens is 352 g/mol. The molecule has 0 radical (unpaired) electrons. The second-order valence-corrected chi connectivity index (χ2v) is 6.85. The van der Waals surface area contributed by atoms with Crippen LogP contribution in [0.25, 0.3) is 0 Å². The molecule has 0 N–H and O–H groups in total. The van der Waals surface area contributed by atoms with E-state index in [1.807, 2.05) is 0 Å². The second kappa shape index (κ2) is 6.21. The Kier molecular flexibility index (Phi) is 4.86. The average Bonchev–Trinajstić information content (AvgIpc) is 2.93. The molecule has 1 amide bonds. The predicted molar refractivity (Wildman–Crippen MR) is 76.8 cm³/mol. The summed E-state index contributed by atoms with van der Waals surface area (Å²) < 4.78 is 78.4. The summed E-state index contributed by atoms with van der Waals surface area (Å²) in [5.74, 6) is -2.76. The topological polar surface area (TPSA) is 38.1 Å². The van der Waals surface area contributed by atoms with Crippen molar-refractivity contribution in [2.24, 2.45) is 5.92 Å². The lowest BCUT2D eigenvalue weighted by Crippen LogP contribution is -2.49. The molecule has 2 rings (SSSR count). The van der Waals surface area contributed by atoms with E-state index in [1.165, 1.54) is 12.3 Å². The molecule has 142 valence electrons. The molecule has 0 aromatic carbocycles. The van der Waals surface area contributed by atoms with E-state index in [0.29, 0.717) is 10.6 Å². The van der Waals surface area contributed by atoms with Crippen molar-refractivity contribution in [3.8, 4) is 0 Å². The highest BCUT2D eigenvalue weighted by Gasteiger charge is 2.51. The number of hydrogen-bond acceptors (Lipinski definition) is 2. The van der Waals surface area contributed by atoms with Gasteiger partial charge in [-0.1, -0.05) is 6.92 Å². The minimum atomic E-state index is -4.95. The maximum Gasteiger partial charge on any atom is 0.471 e. The molecule has 0 saturated carbocycles. The van der Waals surface area contributed by atoms with E-state index in [-0.39, 0.29) is 19.5 Å². The maximum atomic E-state index is 13.3. The van der Waals surface area contributed by atoms with Crippen LogP contribution >= 0.6 is 0 Å². The van der Waals surface area contributed by atoms with Crippen LogP contribution in [0, 0.1) is 5.92 Å². The van der Waals surface area contributed by atoms with Crippen molar-refractivity contribution in [1.29, 1.82) is 0 Å². The Hall–Kier alpha value is -1.74. The van der Waals surface area contributed by atoms with Crippen LogP contribution in [0.1, 0.15) is 38.8 Å². The van der Waals surface area contributed by atoms with Gasteiger partial charge in [0.05, 0.1) is 0 Å². The quantitative estimate of drug-likeness (QED) is 0.744. The Morgan fingerprint density at radius 3 is 2.28 bits per heavy atom. The minimum absolute atomic E-state index is 0.141. The molecule has 0 aliphatic carbocycles. The first-order valence-corrected chi connectivity index (χ1v) is 7.74. The first-order chi connectivity index (χ1) is 11.3. The summed E-state index contributed by atoms with van der Waals surface area (Å²) in [6, 6.07) is 1.45. The zero-order chi connectivity index (χ0) is 19.2. The van der Waals surface area contributed by atoms with Crippen molar-refractivity contribution < 1.29 is 31.1 Å². The fraction of sp³-hybridized carbons (Fsp3) is 0.733. The van der Waals surface area contributed by atoms with E-state index in [2.05, 4.69) is 5.10 Å². The maximum absolute atomic E-state index is 13.3. The summed E-state index contributed by atoms with van der Waals surface area (Å²) in [6.07, 6.45) is -8.10. The summed E-state index contributed by atoms with van der Waals surface area (Å²) in [4.78, 5) is 12.1. The highest BCUT2D eigenvalue weighted by Crippen LogP contribution is 2.41. The van der Waals surface area contributed by atoms with Crippen LogP contribution in [-0.2, 0) is 10.3 Å². The highest BCUT2D eigenvalue weighted by atomic mass is 19.4. The van der Waals surface area contributed by atoms with Crippen molar-refractivity contribution in [3.63, 3.8) is 0 Å². The Labute approximate surface area is 140 Å². The lowest BCUT2D eigenvalue weighted by atomic mass is 9.83. The number of aromatic nitrogens is 2. The molecule has 0 unspecified atom stereocenters. The Morgan fingerprint density at radius 1 is 1.20 bits per heavy atom. The third-order valence-electron chi connectivity index (χ3n) is 4.71. The Bertz CT molecular complexity index is 634. The van der Waals surface area contributed by atoms with Gasteiger partial charge in [-0.05, 0) is 32.3 Å². The number of alkyl halides is 6. The van der Waals surface area contributed by atoms with Gasteiger partial charge in [0.1, 0.15) is 0 Å². The van der Waals surface area contributed by atoms with Crippen LogP contribution in [-0.4, -0.2) is 46.0 Å². The van der Waals surface area contributed by atoms with Gasteiger partial charge in [-0.3, -0.25) is 9.48 Å². The average molecular weight is 371 g/mol. The number of amides is 1. The first-order valence-electron chi connectivity index (χ1n) is 7.74. The van der Waals surface area contributed by atoms with E-state index >= 15 is 0 Å². The van der Waals surface area contributed by atoms with Crippen LogP contribution in [0.5, 0.6) is 0 Å². The highest BCUT2D eigenvalue weighted by molar-refractivity contribution is 5.82. The van der Waals surface area contributed by atoms with Crippen molar-refractivity contribution in [2.75, 3.05) is 13.1 Å². The first kappa shape index (κ1) is 19.6. The van der Waals surface area contributed by atoms with E-state index < -0.39 is 35.6 Å². The van der Waals surface area contributed by atoms with Crippen molar-refractivity contribution >= 4 is 5.91 Å². The molecule has 1 aromatic rings. The standard InChI is InChI=1S/C15H19F6N3O/c1-9-8-23(12(25)14(16,17)18)7-5-10(9)11-4-6-22-24(11)13(2,3)15(19,20)21/h4,6,9-10H,5,7-8H2,1-3H3/t9-,10+/m1/s1. The molecule has 1 aromatic heterocycles. The van der Waals surface area contributed by atoms with Gasteiger partial charge in [-0.2, -0.15) is 31.4 Å². The van der Waals surface area contributed by atoms with Crippen molar-refractivity contribution in [1.82, 2.24) is 14.7 Å². The van der Waals surface area contributed by atoms with Crippen LogP contribution in [0.2, 0.25) is 0 Å². The van der Waals surface area contributed by atoms with Gasteiger partial charge in [-0.15, -0.1) is 0 Å². The third-order valence-corrected chi connectivity index (χ3v) is 4.71. The molecule has 1 saturated heterocycles. The summed E-state index contributed by atoms with van der Waals surface area (Å²) in [7, 11) is 0. The van der Waals surface area contributed by atoms with E-state index in [1.54, 1.807) is 6.92 Å². The third kappa shape index (κ3) is 3.62. The zero-order valence-electron chi connectivity index (χ0n) is 13.9. The normalized spacial score (nSPS) is 23.0. The van der Waals surface area contributed by atoms with Gasteiger partial charge >= 0.3 is 18.3 Å². The monoisotopic (exact) mass is 371 g/mol. The summed E-state index contributed by atoms with van der Waals surface area (Å²) >= 11 is 0. The second-order valence-electron chi connectivity index (χ2n) is 6.85. The van der Waals surface area contributed by atoms with Crippen LogP contribution in [0.3, 0.4) is 0 Å². The smallest absolute Gasteiger partial charge is 0.335 e. The lowest BCUT2D eigenvalue weighted by Gasteiger charge is -2.39. The number of carbonyl (C=O) groups is 1. The van der Waals surface area contributed by atoms with Gasteiger partial charge in [0.2, 0.25) is 0 Å². The van der Waals surface area contributed by atoms with E-state index in [0.717, 1.165) is 18.5 Å². The molecule has 0 spiro atoms. The Balaban J connectivity index is 2.24. The molecule has 2 heterocycles. The minimum Gasteiger partial charge on any atom is -0.335 e. The molecule has 4 nitrogen and oxygen atoms in total. The van der Waals surface area contributed by atoms with Crippen LogP contribution in [0.15, 0.2) is 12.3 Å². The number of rotatable bonds is 2. The molecule has 25 heavy (non-hydrogen) atoms.